The van der Waals surface area contributed by atoms with Gasteiger partial charge >= 0.3 is 17.9 Å². The van der Waals surface area contributed by atoms with Gasteiger partial charge in [0.1, 0.15) is 13.2 Å². The molecule has 0 aliphatic rings. The number of carbonyl (C=O) groups excluding carboxylic acids is 3. The summed E-state index contributed by atoms with van der Waals surface area (Å²) in [6.07, 6.45) is 58.2. The van der Waals surface area contributed by atoms with Crippen molar-refractivity contribution >= 4 is 17.9 Å². The molecule has 348 valence electrons. The molecule has 0 spiro atoms. The Labute approximate surface area is 371 Å². The summed E-state index contributed by atoms with van der Waals surface area (Å²) in [7, 11) is 0. The molecule has 0 N–H and O–H groups in total. The van der Waals surface area contributed by atoms with Crippen molar-refractivity contribution in [3.05, 3.63) is 48.6 Å². The van der Waals surface area contributed by atoms with Crippen molar-refractivity contribution in [3.8, 4) is 0 Å². The maximum atomic E-state index is 12.8. The number of hydrogen-bond acceptors (Lipinski definition) is 6. The van der Waals surface area contributed by atoms with E-state index in [-0.39, 0.29) is 37.5 Å². The van der Waals surface area contributed by atoms with Crippen LogP contribution in [0.4, 0.5) is 0 Å². The third-order valence-electron chi connectivity index (χ3n) is 11.1. The lowest BCUT2D eigenvalue weighted by Gasteiger charge is -2.18. The number of ether oxygens (including phenoxy) is 3. The van der Waals surface area contributed by atoms with E-state index >= 15 is 0 Å². The number of unbranched alkanes of at least 4 members (excludes halogenated alkanes) is 27. The Kier molecular flexibility index (Phi) is 46.9. The van der Waals surface area contributed by atoms with Gasteiger partial charge < -0.3 is 14.2 Å². The minimum atomic E-state index is -0.792. The Morgan fingerprint density at radius 3 is 1.10 bits per heavy atom. The molecule has 60 heavy (non-hydrogen) atoms. The number of allylic oxidation sites excluding steroid dienone is 8. The van der Waals surface area contributed by atoms with Crippen molar-refractivity contribution in [3.63, 3.8) is 0 Å². The molecule has 0 bridgehead atoms. The van der Waals surface area contributed by atoms with E-state index in [9.17, 15) is 14.4 Å². The molecule has 0 amide bonds. The largest absolute Gasteiger partial charge is 0.462 e. The fourth-order valence-electron chi connectivity index (χ4n) is 7.23. The topological polar surface area (TPSA) is 78.9 Å². The summed E-state index contributed by atoms with van der Waals surface area (Å²) < 4.78 is 16.7. The number of esters is 3. The Morgan fingerprint density at radius 1 is 0.350 bits per heavy atom. The minimum Gasteiger partial charge on any atom is -0.462 e. The highest BCUT2D eigenvalue weighted by atomic mass is 16.6. The lowest BCUT2D eigenvalue weighted by atomic mass is 10.0. The summed E-state index contributed by atoms with van der Waals surface area (Å²) in [6.45, 7) is 6.48. The van der Waals surface area contributed by atoms with Crippen LogP contribution < -0.4 is 0 Å². The average molecular weight is 841 g/mol. The third kappa shape index (κ3) is 46.4. The van der Waals surface area contributed by atoms with E-state index in [0.29, 0.717) is 19.3 Å². The second kappa shape index (κ2) is 49.0. The summed E-state index contributed by atoms with van der Waals surface area (Å²) in [4.78, 5) is 37.9. The Hall–Kier alpha value is -2.63. The molecule has 1 unspecified atom stereocenters. The molecule has 0 aliphatic carbocycles. The van der Waals surface area contributed by atoms with Crippen LogP contribution in [-0.4, -0.2) is 37.2 Å². The minimum absolute atomic E-state index is 0.0909. The first-order valence-electron chi connectivity index (χ1n) is 25.6. The Balaban J connectivity index is 4.39. The van der Waals surface area contributed by atoms with Gasteiger partial charge in [0.15, 0.2) is 6.10 Å². The lowest BCUT2D eigenvalue weighted by molar-refractivity contribution is -0.167. The van der Waals surface area contributed by atoms with E-state index in [1.54, 1.807) is 0 Å². The highest BCUT2D eigenvalue weighted by Gasteiger charge is 2.19. The van der Waals surface area contributed by atoms with E-state index in [0.717, 1.165) is 70.6 Å². The molecule has 0 aromatic heterocycles. The van der Waals surface area contributed by atoms with Crippen molar-refractivity contribution in [1.29, 1.82) is 0 Å². The van der Waals surface area contributed by atoms with Crippen LogP contribution in [0.5, 0.6) is 0 Å². The summed E-state index contributed by atoms with van der Waals surface area (Å²) in [6, 6.07) is 0. The fourth-order valence-corrected chi connectivity index (χ4v) is 7.23. The second-order valence-electron chi connectivity index (χ2n) is 17.1. The third-order valence-corrected chi connectivity index (χ3v) is 11.1. The summed E-state index contributed by atoms with van der Waals surface area (Å²) >= 11 is 0. The first-order chi connectivity index (χ1) is 29.5. The van der Waals surface area contributed by atoms with E-state index in [1.807, 2.05) is 0 Å². The molecule has 0 aromatic rings. The van der Waals surface area contributed by atoms with Crippen LogP contribution in [-0.2, 0) is 28.6 Å². The smallest absolute Gasteiger partial charge is 0.306 e. The quantitative estimate of drug-likeness (QED) is 0.0263. The number of hydrogen-bond donors (Lipinski definition) is 0. The van der Waals surface area contributed by atoms with Crippen molar-refractivity contribution in [1.82, 2.24) is 0 Å². The van der Waals surface area contributed by atoms with E-state index in [4.69, 9.17) is 14.2 Å². The van der Waals surface area contributed by atoms with Gasteiger partial charge in [-0.1, -0.05) is 217 Å². The number of rotatable bonds is 46. The molecule has 0 rings (SSSR count). The van der Waals surface area contributed by atoms with Crippen molar-refractivity contribution < 1.29 is 28.6 Å². The van der Waals surface area contributed by atoms with Gasteiger partial charge in [-0.15, -0.1) is 0 Å². The monoisotopic (exact) mass is 841 g/mol. The van der Waals surface area contributed by atoms with E-state index in [2.05, 4.69) is 69.4 Å². The predicted molar refractivity (Wildman–Crippen MR) is 256 cm³/mol. The maximum absolute atomic E-state index is 12.8. The van der Waals surface area contributed by atoms with Crippen LogP contribution >= 0.6 is 0 Å². The second-order valence-corrected chi connectivity index (χ2v) is 17.1. The molecule has 0 fully saturated rings. The average Bonchev–Trinajstić information content (AvgIpc) is 3.24. The zero-order valence-corrected chi connectivity index (χ0v) is 39.7. The zero-order chi connectivity index (χ0) is 43.7. The van der Waals surface area contributed by atoms with Crippen LogP contribution in [0, 0.1) is 0 Å². The normalized spacial score (nSPS) is 12.4. The van der Waals surface area contributed by atoms with Crippen LogP contribution in [0.1, 0.15) is 258 Å². The molecule has 0 radical (unpaired) electrons. The van der Waals surface area contributed by atoms with Gasteiger partial charge in [0, 0.05) is 19.3 Å². The van der Waals surface area contributed by atoms with Gasteiger partial charge in [-0.05, 0) is 70.6 Å². The summed E-state index contributed by atoms with van der Waals surface area (Å²) in [5, 5.41) is 0. The van der Waals surface area contributed by atoms with Gasteiger partial charge in [-0.25, -0.2) is 0 Å². The van der Waals surface area contributed by atoms with Crippen LogP contribution in [0.25, 0.3) is 0 Å². The fraction of sp³-hybridized carbons (Fsp3) is 0.796. The molecule has 1 atom stereocenters. The first-order valence-corrected chi connectivity index (χ1v) is 25.6. The highest BCUT2D eigenvalue weighted by Crippen LogP contribution is 2.15. The SMILES string of the molecule is CC/C=C\C/C=C\C/C=C\CCCC(=O)OCC(COC(=O)CCCCCCC/C=C\CCCCCCCCC)OC(=O)CCCCCCCCCCCCCCCCC. The highest BCUT2D eigenvalue weighted by molar-refractivity contribution is 5.71. The molecule has 0 aromatic carbocycles. The van der Waals surface area contributed by atoms with Gasteiger partial charge in [0.2, 0.25) is 0 Å². The predicted octanol–water partition coefficient (Wildman–Crippen LogP) is 16.7. The van der Waals surface area contributed by atoms with Gasteiger partial charge in [0.25, 0.3) is 0 Å². The zero-order valence-electron chi connectivity index (χ0n) is 39.7. The summed E-state index contributed by atoms with van der Waals surface area (Å²) in [5.41, 5.74) is 0. The van der Waals surface area contributed by atoms with Crippen molar-refractivity contribution in [2.75, 3.05) is 13.2 Å². The van der Waals surface area contributed by atoms with Gasteiger partial charge in [0.05, 0.1) is 0 Å². The molecular formula is C54H96O6. The molecular weight excluding hydrogens is 745 g/mol. The van der Waals surface area contributed by atoms with Crippen molar-refractivity contribution in [2.24, 2.45) is 0 Å². The standard InChI is InChI=1S/C54H96O6/c1-4-7-10-13-16-19-22-24-26-28-29-32-35-38-41-44-47-53(56)59-50-51(49-58-52(55)46-43-40-37-34-31-21-18-15-12-9-6-3)60-54(57)48-45-42-39-36-33-30-27-25-23-20-17-14-11-8-5-2/h9,12,18,21,26,28,34,37,51H,4-8,10-11,13-17,19-20,22-25,27,29-33,35-36,38-50H2,1-3H3/b12-9-,21-18-,28-26-,37-34-. The molecule has 0 saturated heterocycles. The maximum Gasteiger partial charge on any atom is 0.306 e. The molecule has 0 heterocycles. The Morgan fingerprint density at radius 2 is 0.667 bits per heavy atom. The first kappa shape index (κ1) is 57.4. The summed E-state index contributed by atoms with van der Waals surface area (Å²) in [5.74, 6) is -0.948. The molecule has 6 heteroatoms. The van der Waals surface area contributed by atoms with E-state index in [1.165, 1.54) is 141 Å². The molecule has 0 aliphatic heterocycles. The van der Waals surface area contributed by atoms with E-state index < -0.39 is 6.10 Å². The number of carbonyl (C=O) groups is 3. The molecule has 0 saturated carbocycles. The van der Waals surface area contributed by atoms with Crippen molar-refractivity contribution in [2.45, 2.75) is 264 Å². The van der Waals surface area contributed by atoms with Gasteiger partial charge in [-0.3, -0.25) is 14.4 Å². The Bertz CT molecular complexity index is 1060. The lowest BCUT2D eigenvalue weighted by Crippen LogP contribution is -2.30. The van der Waals surface area contributed by atoms with Crippen LogP contribution in [0.3, 0.4) is 0 Å². The molecule has 6 nitrogen and oxygen atoms in total. The van der Waals surface area contributed by atoms with Crippen LogP contribution in [0.15, 0.2) is 48.6 Å². The van der Waals surface area contributed by atoms with Crippen LogP contribution in [0.2, 0.25) is 0 Å². The van der Waals surface area contributed by atoms with Gasteiger partial charge in [-0.2, -0.15) is 0 Å².